The molecule has 0 radical (unpaired) electrons. The number of carbonyl (C=O) groups excluding carboxylic acids is 1. The second-order valence-electron chi connectivity index (χ2n) is 17.4. The van der Waals surface area contributed by atoms with Crippen LogP contribution in [-0.2, 0) is 24.0 Å². The van der Waals surface area contributed by atoms with Gasteiger partial charge in [-0.15, -0.1) is 0 Å². The number of nitrogens with zero attached hydrogens (tertiary/aromatic N) is 7. The van der Waals surface area contributed by atoms with Crippen molar-refractivity contribution >= 4 is 40.2 Å². The van der Waals surface area contributed by atoms with Crippen molar-refractivity contribution in [1.29, 1.82) is 0 Å². The van der Waals surface area contributed by atoms with Gasteiger partial charge in [0.15, 0.2) is 5.82 Å². The zero-order valence-electron chi connectivity index (χ0n) is 37.4. The maximum absolute atomic E-state index is 17.7. The number of anilines is 2. The topological polar surface area (TPSA) is 106 Å². The summed E-state index contributed by atoms with van der Waals surface area (Å²) in [6.07, 6.45) is -3.56. The number of aromatic nitrogens is 3. The van der Waals surface area contributed by atoms with Crippen LogP contribution in [0, 0.1) is 12.7 Å². The van der Waals surface area contributed by atoms with E-state index in [0.717, 1.165) is 30.5 Å². The number of pyridine rings is 1. The molecule has 0 aliphatic carbocycles. The van der Waals surface area contributed by atoms with Gasteiger partial charge in [-0.1, -0.05) is 35.9 Å². The number of benzene rings is 3. The molecule has 2 saturated heterocycles. The molecule has 7 rings (SSSR count). The summed E-state index contributed by atoms with van der Waals surface area (Å²) in [7, 11) is 5.11. The van der Waals surface area contributed by atoms with E-state index in [2.05, 4.69) is 14.9 Å². The average molecular weight is 908 g/mol. The summed E-state index contributed by atoms with van der Waals surface area (Å²) >= 11 is 6.98. The highest BCUT2D eigenvalue weighted by molar-refractivity contribution is 6.34. The minimum atomic E-state index is -4.95. The molecule has 3 aromatic carbocycles. The van der Waals surface area contributed by atoms with Gasteiger partial charge in [-0.25, -0.2) is 14.2 Å². The Kier molecular flexibility index (Phi) is 13.7. The van der Waals surface area contributed by atoms with E-state index in [9.17, 15) is 4.79 Å². The second-order valence-corrected chi connectivity index (χ2v) is 17.8. The summed E-state index contributed by atoms with van der Waals surface area (Å²) < 4.78 is 86.0. The van der Waals surface area contributed by atoms with Gasteiger partial charge in [0.1, 0.15) is 40.9 Å². The van der Waals surface area contributed by atoms with Crippen LogP contribution in [0.4, 0.5) is 34.0 Å². The van der Waals surface area contributed by atoms with Crippen LogP contribution in [0.2, 0.25) is 5.02 Å². The quantitative estimate of drug-likeness (QED) is 0.112. The summed E-state index contributed by atoms with van der Waals surface area (Å²) in [5, 5.41) is -0.154. The number of hydrogen-bond donors (Lipinski definition) is 0. The number of methoxy groups -OCH3 is 2. The van der Waals surface area contributed by atoms with Crippen LogP contribution in [0.1, 0.15) is 62.8 Å². The highest BCUT2D eigenvalue weighted by atomic mass is 35.5. The van der Waals surface area contributed by atoms with Gasteiger partial charge in [0, 0.05) is 50.2 Å². The van der Waals surface area contributed by atoms with Crippen LogP contribution < -0.4 is 24.0 Å². The Balaban J connectivity index is 1.36. The number of rotatable bonds is 12. The Bertz CT molecular complexity index is 2420. The molecule has 2 fully saturated rings. The fourth-order valence-electron chi connectivity index (χ4n) is 8.26. The van der Waals surface area contributed by atoms with E-state index in [-0.39, 0.29) is 90.5 Å². The number of halogens is 5. The highest BCUT2D eigenvalue weighted by Gasteiger charge is 2.40. The van der Waals surface area contributed by atoms with Gasteiger partial charge in [-0.2, -0.15) is 23.1 Å². The molecular formula is C47H54ClF4N7O5. The Morgan fingerprint density at radius 2 is 1.53 bits per heavy atom. The number of piperazine rings is 1. The molecule has 2 aromatic heterocycles. The summed E-state index contributed by atoms with van der Waals surface area (Å²) in [6.45, 7) is 10.9. The van der Waals surface area contributed by atoms with E-state index >= 15 is 17.6 Å². The van der Waals surface area contributed by atoms with Crippen LogP contribution in [0.15, 0.2) is 60.7 Å². The Morgan fingerprint density at radius 3 is 2.06 bits per heavy atom. The van der Waals surface area contributed by atoms with E-state index in [0.29, 0.717) is 11.5 Å². The smallest absolute Gasteiger partial charge is 0.418 e. The van der Waals surface area contributed by atoms with Gasteiger partial charge in [0.2, 0.25) is 0 Å². The third-order valence-corrected chi connectivity index (χ3v) is 11.9. The van der Waals surface area contributed by atoms with Crippen molar-refractivity contribution in [1.82, 2.24) is 24.8 Å². The first kappa shape index (κ1) is 46.4. The average Bonchev–Trinajstić information content (AvgIpc) is 3.66. The standard InChI is InChI=1S/C47H54ClF4N7O5/c1-28-22-37(58(25-30-11-15-33(61-7)16-12-30)26-31-13-17-34(62-8)18-14-31)53-42(39(28)47(50,51)52)38-36(48)23-35-41(40(38)49)54-44(63-27-32-10-9-19-56(32)6)55-43(35)59-21-20-57(24-29(59)2)45(60)64-46(3,4)5/h11-18,22-23,29,32H,9-10,19-21,24-27H2,1-8H3/t29-,32?/m0/s1. The zero-order chi connectivity index (χ0) is 46.1. The Hall–Kier alpha value is -5.61. The number of aryl methyl sites for hydroxylation is 1. The fourth-order valence-corrected chi connectivity index (χ4v) is 8.54. The van der Waals surface area contributed by atoms with Crippen molar-refractivity contribution in [2.24, 2.45) is 0 Å². The van der Waals surface area contributed by atoms with Crippen LogP contribution in [-0.4, -0.2) is 103 Å². The molecule has 64 heavy (non-hydrogen) atoms. The largest absolute Gasteiger partial charge is 0.497 e. The normalized spacial score (nSPS) is 17.2. The fraction of sp³-hybridized carbons (Fsp3) is 0.447. The predicted octanol–water partition coefficient (Wildman–Crippen LogP) is 9.95. The molecule has 1 unspecified atom stereocenters. The van der Waals surface area contributed by atoms with Gasteiger partial charge in [-0.3, -0.25) is 0 Å². The van der Waals surface area contributed by atoms with Gasteiger partial charge in [0.25, 0.3) is 0 Å². The first-order valence-corrected chi connectivity index (χ1v) is 21.6. The highest BCUT2D eigenvalue weighted by Crippen LogP contribution is 2.46. The third kappa shape index (κ3) is 10.3. The minimum absolute atomic E-state index is 0.0627. The summed E-state index contributed by atoms with van der Waals surface area (Å²) in [5.41, 5.74) is -1.89. The molecule has 0 spiro atoms. The Labute approximate surface area is 376 Å². The molecule has 12 nitrogen and oxygen atoms in total. The number of carbonyl (C=O) groups is 1. The monoisotopic (exact) mass is 907 g/mol. The number of ether oxygens (including phenoxy) is 4. The molecule has 0 bridgehead atoms. The first-order chi connectivity index (χ1) is 30.3. The Morgan fingerprint density at radius 1 is 0.906 bits per heavy atom. The van der Waals surface area contributed by atoms with E-state index < -0.39 is 40.5 Å². The van der Waals surface area contributed by atoms with Gasteiger partial charge in [-0.05, 0) is 114 Å². The summed E-state index contributed by atoms with van der Waals surface area (Å²) in [4.78, 5) is 34.5. The van der Waals surface area contributed by atoms with Crippen molar-refractivity contribution in [2.45, 2.75) is 84.4 Å². The lowest BCUT2D eigenvalue weighted by atomic mass is 9.98. The van der Waals surface area contributed by atoms with Crippen LogP contribution in [0.3, 0.4) is 0 Å². The molecule has 0 N–H and O–H groups in total. The minimum Gasteiger partial charge on any atom is -0.497 e. The molecule has 17 heteroatoms. The van der Waals surface area contributed by atoms with Crippen molar-refractivity contribution in [2.75, 3.05) is 63.9 Å². The van der Waals surface area contributed by atoms with Crippen LogP contribution in [0.25, 0.3) is 22.2 Å². The number of fused-ring (bicyclic) bond motifs is 1. The SMILES string of the molecule is COc1ccc(CN(Cc2ccc(OC)cc2)c2cc(C)c(C(F)(F)F)c(-c3c(Cl)cc4c(N5CCN(C(=O)OC(C)(C)C)C[C@@H]5C)nc(OCC5CCCN5C)nc4c3F)n2)cc1. The van der Waals surface area contributed by atoms with Crippen molar-refractivity contribution < 1.29 is 41.3 Å². The lowest BCUT2D eigenvalue weighted by Crippen LogP contribution is -2.55. The molecule has 342 valence electrons. The maximum Gasteiger partial charge on any atom is 0.418 e. The lowest BCUT2D eigenvalue weighted by Gasteiger charge is -2.41. The number of likely N-dealkylation sites (tertiary alicyclic amines) is 1. The summed E-state index contributed by atoms with van der Waals surface area (Å²) in [5.74, 6) is 0.596. The van der Waals surface area contributed by atoms with E-state index in [1.807, 2.05) is 48.0 Å². The van der Waals surface area contributed by atoms with Gasteiger partial charge < -0.3 is 38.5 Å². The molecule has 5 aromatic rings. The molecular weight excluding hydrogens is 854 g/mol. The third-order valence-electron chi connectivity index (χ3n) is 11.6. The molecule has 2 aliphatic heterocycles. The maximum atomic E-state index is 17.7. The summed E-state index contributed by atoms with van der Waals surface area (Å²) in [6, 6.07) is 16.9. The van der Waals surface area contributed by atoms with Gasteiger partial charge in [0.05, 0.1) is 36.1 Å². The molecule has 0 saturated carbocycles. The number of likely N-dealkylation sites (N-methyl/N-ethyl adjacent to an activating group) is 1. The number of hydrogen-bond acceptors (Lipinski definition) is 11. The van der Waals surface area contributed by atoms with Gasteiger partial charge >= 0.3 is 18.3 Å². The molecule has 1 amide bonds. The number of amides is 1. The molecule has 2 atom stereocenters. The van der Waals surface area contributed by atoms with E-state index in [1.165, 1.54) is 19.1 Å². The number of alkyl halides is 3. The van der Waals surface area contributed by atoms with Crippen molar-refractivity contribution in [3.63, 3.8) is 0 Å². The van der Waals surface area contributed by atoms with Crippen LogP contribution >= 0.6 is 11.6 Å². The van der Waals surface area contributed by atoms with Crippen LogP contribution in [0.5, 0.6) is 17.5 Å². The van der Waals surface area contributed by atoms with Crippen molar-refractivity contribution in [3.8, 4) is 28.8 Å². The first-order valence-electron chi connectivity index (χ1n) is 21.2. The van der Waals surface area contributed by atoms with E-state index in [4.69, 9.17) is 35.5 Å². The lowest BCUT2D eigenvalue weighted by molar-refractivity contribution is -0.137. The van der Waals surface area contributed by atoms with E-state index in [1.54, 1.807) is 64.2 Å². The predicted molar refractivity (Wildman–Crippen MR) is 239 cm³/mol. The zero-order valence-corrected chi connectivity index (χ0v) is 38.1. The molecule has 4 heterocycles. The second kappa shape index (κ2) is 18.9. The molecule has 2 aliphatic rings. The van der Waals surface area contributed by atoms with Crippen molar-refractivity contribution in [3.05, 3.63) is 93.8 Å².